The topological polar surface area (TPSA) is 88.0 Å². The Morgan fingerprint density at radius 2 is 2.03 bits per heavy atom. The number of anilines is 1. The predicted molar refractivity (Wildman–Crippen MR) is 120 cm³/mol. The molecule has 1 unspecified atom stereocenters. The van der Waals surface area contributed by atoms with Gasteiger partial charge in [0, 0.05) is 50.6 Å². The normalized spacial score (nSPS) is 17.3. The number of imidazole rings is 1. The van der Waals surface area contributed by atoms with Gasteiger partial charge in [0.25, 0.3) is 0 Å². The van der Waals surface area contributed by atoms with Gasteiger partial charge in [0.1, 0.15) is 11.6 Å². The summed E-state index contributed by atoms with van der Waals surface area (Å²) < 4.78 is 15.5. The molecular weight excluding hydrogens is 409 g/mol. The first-order valence-corrected chi connectivity index (χ1v) is 10.7. The van der Waals surface area contributed by atoms with Crippen molar-refractivity contribution in [3.05, 3.63) is 54.2 Å². The van der Waals surface area contributed by atoms with Crippen molar-refractivity contribution < 1.29 is 9.18 Å². The third-order valence-corrected chi connectivity index (χ3v) is 5.81. The van der Waals surface area contributed by atoms with Gasteiger partial charge >= 0.3 is 6.03 Å². The van der Waals surface area contributed by atoms with E-state index in [0.29, 0.717) is 12.5 Å². The molecule has 0 aliphatic carbocycles. The molecule has 0 radical (unpaired) electrons. The van der Waals surface area contributed by atoms with Crippen LogP contribution in [0.3, 0.4) is 0 Å². The quantitative estimate of drug-likeness (QED) is 0.659. The van der Waals surface area contributed by atoms with E-state index in [4.69, 9.17) is 9.97 Å². The summed E-state index contributed by atoms with van der Waals surface area (Å²) in [6.07, 6.45) is 8.35. The summed E-state index contributed by atoms with van der Waals surface area (Å²) in [4.78, 5) is 27.8. The van der Waals surface area contributed by atoms with E-state index >= 15 is 0 Å². The lowest BCUT2D eigenvalue weighted by molar-refractivity contribution is 0.184. The lowest BCUT2D eigenvalue weighted by atomic mass is 10.1. The van der Waals surface area contributed by atoms with Crippen LogP contribution >= 0.6 is 0 Å². The van der Waals surface area contributed by atoms with Gasteiger partial charge in [0.15, 0.2) is 0 Å². The van der Waals surface area contributed by atoms with Gasteiger partial charge in [-0.05, 0) is 43.2 Å². The highest BCUT2D eigenvalue weighted by atomic mass is 19.1. The van der Waals surface area contributed by atoms with Crippen LogP contribution in [-0.2, 0) is 6.42 Å². The Balaban J connectivity index is 1.46. The fourth-order valence-corrected chi connectivity index (χ4v) is 4.28. The van der Waals surface area contributed by atoms with E-state index in [1.165, 1.54) is 12.1 Å². The fraction of sp³-hybridized carbons (Fsp3) is 0.304. The van der Waals surface area contributed by atoms with Crippen LogP contribution in [0.5, 0.6) is 0 Å². The maximum Gasteiger partial charge on any atom is 0.317 e. The fourth-order valence-electron chi connectivity index (χ4n) is 4.28. The molecule has 2 aliphatic rings. The molecule has 8 nitrogen and oxygen atoms in total. The highest BCUT2D eigenvalue weighted by molar-refractivity contribution is 5.80. The summed E-state index contributed by atoms with van der Waals surface area (Å²) in [7, 11) is 1.64. The van der Waals surface area contributed by atoms with Gasteiger partial charge < -0.3 is 20.1 Å². The summed E-state index contributed by atoms with van der Waals surface area (Å²) >= 11 is 0. The van der Waals surface area contributed by atoms with Gasteiger partial charge in [-0.2, -0.15) is 0 Å². The summed E-state index contributed by atoms with van der Waals surface area (Å²) in [5, 5.41) is 6.07. The first-order valence-electron chi connectivity index (χ1n) is 10.7. The second-order valence-corrected chi connectivity index (χ2v) is 7.94. The van der Waals surface area contributed by atoms with E-state index in [9.17, 15) is 9.18 Å². The van der Waals surface area contributed by atoms with Crippen LogP contribution in [-0.4, -0.2) is 56.6 Å². The average molecular weight is 433 g/mol. The minimum Gasteiger partial charge on any atom is -0.350 e. The molecule has 32 heavy (non-hydrogen) atoms. The Bertz CT molecular complexity index is 1170. The number of nitrogens with zero attached hydrogens (tertiary/aromatic N) is 5. The third kappa shape index (κ3) is 3.81. The average Bonchev–Trinajstić information content (AvgIpc) is 3.41. The number of likely N-dealkylation sites (tertiary alicyclic amines) is 1. The summed E-state index contributed by atoms with van der Waals surface area (Å²) in [6.45, 7) is 1.34. The van der Waals surface area contributed by atoms with Crippen LogP contribution in [0.1, 0.15) is 18.7 Å². The number of aromatic nitrogens is 4. The molecule has 3 aromatic rings. The van der Waals surface area contributed by atoms with E-state index in [1.807, 2.05) is 16.8 Å². The number of hydrogen-bond acceptors (Lipinski definition) is 5. The monoisotopic (exact) mass is 433 g/mol. The lowest BCUT2D eigenvalue weighted by Gasteiger charge is -2.32. The highest BCUT2D eigenvalue weighted by Crippen LogP contribution is 2.34. The second-order valence-electron chi connectivity index (χ2n) is 7.94. The van der Waals surface area contributed by atoms with Crippen LogP contribution in [0.25, 0.3) is 28.8 Å². The zero-order chi connectivity index (χ0) is 22.1. The van der Waals surface area contributed by atoms with E-state index in [2.05, 4.69) is 21.7 Å². The molecule has 0 saturated carbocycles. The van der Waals surface area contributed by atoms with Crippen molar-refractivity contribution in [2.75, 3.05) is 25.5 Å². The molecule has 2 aromatic heterocycles. The third-order valence-electron chi connectivity index (χ3n) is 5.81. The molecule has 9 heteroatoms. The van der Waals surface area contributed by atoms with Gasteiger partial charge in [0.05, 0.1) is 17.1 Å². The van der Waals surface area contributed by atoms with Crippen molar-refractivity contribution in [2.45, 2.75) is 25.3 Å². The Labute approximate surface area is 185 Å². The lowest BCUT2D eigenvalue weighted by Crippen LogP contribution is -2.48. The summed E-state index contributed by atoms with van der Waals surface area (Å²) in [5.74, 6) is 1.14. The molecule has 2 N–H and O–H groups in total. The largest absolute Gasteiger partial charge is 0.350 e. The van der Waals surface area contributed by atoms with E-state index in [0.717, 1.165) is 54.3 Å². The molecule has 2 aliphatic heterocycles. The molecule has 1 saturated heterocycles. The smallest absolute Gasteiger partial charge is 0.317 e. The van der Waals surface area contributed by atoms with Crippen molar-refractivity contribution in [1.29, 1.82) is 0 Å². The van der Waals surface area contributed by atoms with Crippen molar-refractivity contribution in [1.82, 2.24) is 29.7 Å². The zero-order valence-electron chi connectivity index (χ0n) is 17.8. The van der Waals surface area contributed by atoms with Gasteiger partial charge in [-0.15, -0.1) is 0 Å². The molecule has 5 rings (SSSR count). The molecule has 0 spiro atoms. The number of hydrogen-bond donors (Lipinski definition) is 2. The molecule has 1 aromatic carbocycles. The molecule has 1 atom stereocenters. The van der Waals surface area contributed by atoms with Crippen LogP contribution in [0.2, 0.25) is 0 Å². The molecule has 1 fully saturated rings. The van der Waals surface area contributed by atoms with Crippen molar-refractivity contribution >= 4 is 18.2 Å². The van der Waals surface area contributed by atoms with E-state index in [-0.39, 0.29) is 17.9 Å². The molecule has 0 bridgehead atoms. The number of carbonyl (C=O) groups excluding carboxylic acids is 1. The molecule has 164 valence electrons. The van der Waals surface area contributed by atoms with Gasteiger partial charge in [0.2, 0.25) is 5.95 Å². The highest BCUT2D eigenvalue weighted by Gasteiger charge is 2.25. The standard InChI is InChI=1S/C23H24FN7O/c1-25-23(32)30-12-2-4-17(14-30)27-22-26-11-10-18(28-22)21-20(15-6-8-16(24)9-7-15)29-19-5-3-13-31(19)21/h3,6-11,13,17H,2,4-5,12,14H2,1H3,(H,25,32)(H,26,27,28). The number of halogens is 1. The maximum absolute atomic E-state index is 13.5. The van der Waals surface area contributed by atoms with Crippen LogP contribution in [0.15, 0.2) is 42.6 Å². The maximum atomic E-state index is 13.5. The number of nitrogens with one attached hydrogen (secondary N) is 2. The number of urea groups is 1. The molecule has 4 heterocycles. The first kappa shape index (κ1) is 20.2. The first-order chi connectivity index (χ1) is 15.6. The van der Waals surface area contributed by atoms with Crippen molar-refractivity contribution in [3.8, 4) is 22.6 Å². The number of carbonyl (C=O) groups is 1. The Kier molecular flexibility index (Phi) is 5.30. The van der Waals surface area contributed by atoms with Crippen molar-refractivity contribution in [3.63, 3.8) is 0 Å². The summed E-state index contributed by atoms with van der Waals surface area (Å²) in [5.41, 5.74) is 3.17. The number of rotatable bonds is 4. The SMILES string of the molecule is CNC(=O)N1CCCC(Nc2nccc(-c3c(-c4ccc(F)cc4)nc4n3C=CC4)n2)C1. The van der Waals surface area contributed by atoms with Gasteiger partial charge in [-0.3, -0.25) is 0 Å². The second kappa shape index (κ2) is 8.41. The van der Waals surface area contributed by atoms with Gasteiger partial charge in [-0.25, -0.2) is 24.1 Å². The minimum absolute atomic E-state index is 0.0725. The van der Waals surface area contributed by atoms with Crippen LogP contribution in [0.4, 0.5) is 15.1 Å². The Morgan fingerprint density at radius 1 is 1.19 bits per heavy atom. The van der Waals surface area contributed by atoms with E-state index < -0.39 is 0 Å². The Morgan fingerprint density at radius 3 is 2.84 bits per heavy atom. The van der Waals surface area contributed by atoms with Crippen LogP contribution < -0.4 is 10.6 Å². The van der Waals surface area contributed by atoms with E-state index in [1.54, 1.807) is 30.3 Å². The number of amides is 2. The van der Waals surface area contributed by atoms with Crippen LogP contribution in [0, 0.1) is 5.82 Å². The molecule has 2 amide bonds. The van der Waals surface area contributed by atoms with Gasteiger partial charge in [-0.1, -0.05) is 6.08 Å². The number of allylic oxidation sites excluding steroid dienone is 1. The number of piperidine rings is 1. The summed E-state index contributed by atoms with van der Waals surface area (Å²) in [6, 6.07) is 8.20. The zero-order valence-corrected chi connectivity index (χ0v) is 17.8. The number of benzene rings is 1. The van der Waals surface area contributed by atoms with Crippen molar-refractivity contribution in [2.24, 2.45) is 0 Å². The minimum atomic E-state index is -0.284. The Hall–Kier alpha value is -3.75. The predicted octanol–water partition coefficient (Wildman–Crippen LogP) is 3.39. The molecular formula is C23H24FN7O. The number of fused-ring (bicyclic) bond motifs is 1.